The van der Waals surface area contributed by atoms with Crippen molar-refractivity contribution < 1.29 is 4.92 Å². The number of hydrogen-bond donors (Lipinski definition) is 1. The predicted molar refractivity (Wildman–Crippen MR) is 70.1 cm³/mol. The van der Waals surface area contributed by atoms with E-state index in [1.54, 1.807) is 11.3 Å². The summed E-state index contributed by atoms with van der Waals surface area (Å²) < 4.78 is 0. The van der Waals surface area contributed by atoms with Gasteiger partial charge in [-0.15, -0.1) is 0 Å². The molecule has 0 unspecified atom stereocenters. The van der Waals surface area contributed by atoms with Crippen LogP contribution in [-0.2, 0) is 6.54 Å². The van der Waals surface area contributed by atoms with Crippen LogP contribution in [0.4, 0.5) is 11.5 Å². The number of rotatable bonds is 4. The van der Waals surface area contributed by atoms with E-state index in [4.69, 9.17) is 11.6 Å². The molecule has 2 heterocycles. The first-order valence-electron chi connectivity index (χ1n) is 5.00. The molecule has 0 aliphatic carbocycles. The third kappa shape index (κ3) is 2.74. The van der Waals surface area contributed by atoms with Crippen molar-refractivity contribution in [3.8, 4) is 0 Å². The van der Waals surface area contributed by atoms with E-state index >= 15 is 0 Å². The van der Waals surface area contributed by atoms with Gasteiger partial charge in [0.15, 0.2) is 0 Å². The van der Waals surface area contributed by atoms with Gasteiger partial charge in [0.1, 0.15) is 6.20 Å². The molecule has 0 saturated heterocycles. The van der Waals surface area contributed by atoms with Crippen molar-refractivity contribution in [1.82, 2.24) is 9.97 Å². The summed E-state index contributed by atoms with van der Waals surface area (Å²) in [6, 6.07) is 0. The summed E-state index contributed by atoms with van der Waals surface area (Å²) in [6.07, 6.45) is 1.10. The van der Waals surface area contributed by atoms with Crippen molar-refractivity contribution >= 4 is 34.4 Å². The lowest BCUT2D eigenvalue weighted by Crippen LogP contribution is -2.05. The van der Waals surface area contributed by atoms with Gasteiger partial charge in [0.05, 0.1) is 4.92 Å². The largest absolute Gasteiger partial charge is 0.360 e. The molecule has 2 rings (SSSR count). The monoisotopic (exact) mass is 284 g/mol. The molecule has 0 bridgehead atoms. The maximum Gasteiger partial charge on any atom is 0.329 e. The molecule has 0 aromatic carbocycles. The van der Waals surface area contributed by atoms with E-state index in [0.717, 1.165) is 17.3 Å². The number of nitro groups is 1. The Kier molecular flexibility index (Phi) is 3.73. The van der Waals surface area contributed by atoms with Crippen LogP contribution in [-0.4, -0.2) is 14.9 Å². The first kappa shape index (κ1) is 12.7. The van der Waals surface area contributed by atoms with Crippen molar-refractivity contribution in [2.45, 2.75) is 13.5 Å². The second-order valence-corrected chi connectivity index (χ2v) is 4.65. The number of thiophene rings is 1. The van der Waals surface area contributed by atoms with Crippen LogP contribution in [0.5, 0.6) is 0 Å². The maximum absolute atomic E-state index is 10.8. The molecule has 0 spiro atoms. The fourth-order valence-corrected chi connectivity index (χ4v) is 2.35. The number of nitrogens with zero attached hydrogens (tertiary/aromatic N) is 3. The highest BCUT2D eigenvalue weighted by molar-refractivity contribution is 7.08. The molecule has 2 aromatic heterocycles. The standard InChI is InChI=1S/C10H9ClN4O2S/c1-6-4-18-5-7(6)2-12-9-8(15(16)17)3-13-10(11)14-9/h3-5H,2H2,1H3,(H,12,13,14). The summed E-state index contributed by atoms with van der Waals surface area (Å²) in [5.41, 5.74) is 2.02. The Balaban J connectivity index is 2.20. The van der Waals surface area contributed by atoms with E-state index in [0.29, 0.717) is 6.54 Å². The van der Waals surface area contributed by atoms with Crippen LogP contribution in [0.15, 0.2) is 17.0 Å². The number of halogens is 1. The zero-order valence-corrected chi connectivity index (χ0v) is 11.0. The lowest BCUT2D eigenvalue weighted by atomic mass is 10.2. The van der Waals surface area contributed by atoms with Crippen molar-refractivity contribution in [3.05, 3.63) is 43.5 Å². The van der Waals surface area contributed by atoms with Gasteiger partial charge >= 0.3 is 5.69 Å². The lowest BCUT2D eigenvalue weighted by molar-refractivity contribution is -0.384. The number of aryl methyl sites for hydroxylation is 1. The first-order valence-corrected chi connectivity index (χ1v) is 6.32. The summed E-state index contributed by atoms with van der Waals surface area (Å²) in [7, 11) is 0. The molecular weight excluding hydrogens is 276 g/mol. The number of nitrogens with one attached hydrogen (secondary N) is 1. The maximum atomic E-state index is 10.8. The molecule has 0 aliphatic rings. The van der Waals surface area contributed by atoms with Crippen molar-refractivity contribution in [1.29, 1.82) is 0 Å². The van der Waals surface area contributed by atoms with E-state index < -0.39 is 4.92 Å². The summed E-state index contributed by atoms with van der Waals surface area (Å²) in [6.45, 7) is 2.44. The lowest BCUT2D eigenvalue weighted by Gasteiger charge is -2.05. The third-order valence-corrected chi connectivity index (χ3v) is 3.44. The van der Waals surface area contributed by atoms with E-state index in [9.17, 15) is 10.1 Å². The quantitative estimate of drug-likeness (QED) is 0.530. The molecule has 18 heavy (non-hydrogen) atoms. The van der Waals surface area contributed by atoms with Gasteiger partial charge < -0.3 is 5.32 Å². The molecule has 2 aromatic rings. The first-order chi connectivity index (χ1) is 8.58. The molecule has 1 N–H and O–H groups in total. The molecule has 6 nitrogen and oxygen atoms in total. The second kappa shape index (κ2) is 5.28. The highest BCUT2D eigenvalue weighted by atomic mass is 35.5. The molecule has 0 saturated carbocycles. The van der Waals surface area contributed by atoms with Gasteiger partial charge in [-0.05, 0) is 40.4 Å². The van der Waals surface area contributed by atoms with Crippen molar-refractivity contribution in [2.75, 3.05) is 5.32 Å². The highest BCUT2D eigenvalue weighted by Crippen LogP contribution is 2.23. The van der Waals surface area contributed by atoms with Gasteiger partial charge in [-0.3, -0.25) is 10.1 Å². The predicted octanol–water partition coefficient (Wildman–Crippen LogP) is 3.02. The number of aromatic nitrogens is 2. The highest BCUT2D eigenvalue weighted by Gasteiger charge is 2.16. The van der Waals surface area contributed by atoms with Gasteiger partial charge in [-0.1, -0.05) is 0 Å². The molecule has 94 valence electrons. The Bertz CT molecular complexity index is 587. The fraction of sp³-hybridized carbons (Fsp3) is 0.200. The molecule has 0 aliphatic heterocycles. The minimum atomic E-state index is -0.543. The number of hydrogen-bond acceptors (Lipinski definition) is 6. The minimum Gasteiger partial charge on any atom is -0.360 e. The van der Waals surface area contributed by atoms with Crippen molar-refractivity contribution in [2.24, 2.45) is 0 Å². The minimum absolute atomic E-state index is 0.0230. The van der Waals surface area contributed by atoms with E-state index in [1.165, 1.54) is 0 Å². The molecule has 0 atom stereocenters. The zero-order chi connectivity index (χ0) is 13.1. The molecule has 0 fully saturated rings. The molecule has 0 amide bonds. The Morgan fingerprint density at radius 2 is 2.33 bits per heavy atom. The summed E-state index contributed by atoms with van der Waals surface area (Å²) in [4.78, 5) is 17.7. The topological polar surface area (TPSA) is 81.0 Å². The molecule has 0 radical (unpaired) electrons. The van der Waals surface area contributed by atoms with E-state index in [2.05, 4.69) is 15.3 Å². The average Bonchev–Trinajstić information content (AvgIpc) is 2.72. The Labute approximate surface area is 112 Å². The molecule has 8 heteroatoms. The third-order valence-electron chi connectivity index (χ3n) is 2.34. The fourth-order valence-electron chi connectivity index (χ4n) is 1.36. The normalized spacial score (nSPS) is 10.3. The van der Waals surface area contributed by atoms with E-state index in [1.807, 2.05) is 17.7 Å². The molecular formula is C10H9ClN4O2S. The van der Waals surface area contributed by atoms with Gasteiger partial charge in [0.2, 0.25) is 11.1 Å². The van der Waals surface area contributed by atoms with Gasteiger partial charge in [0.25, 0.3) is 0 Å². The Hall–Kier alpha value is -1.73. The van der Waals surface area contributed by atoms with Crippen LogP contribution in [0.3, 0.4) is 0 Å². The SMILES string of the molecule is Cc1cscc1CNc1nc(Cl)ncc1[N+](=O)[O-]. The van der Waals surface area contributed by atoms with Crippen LogP contribution in [0.2, 0.25) is 5.28 Å². The van der Waals surface area contributed by atoms with Crippen LogP contribution >= 0.6 is 22.9 Å². The van der Waals surface area contributed by atoms with Gasteiger partial charge in [-0.2, -0.15) is 16.3 Å². The zero-order valence-electron chi connectivity index (χ0n) is 9.38. The van der Waals surface area contributed by atoms with Crippen LogP contribution < -0.4 is 5.32 Å². The van der Waals surface area contributed by atoms with Crippen LogP contribution in [0.25, 0.3) is 0 Å². The van der Waals surface area contributed by atoms with E-state index in [-0.39, 0.29) is 16.8 Å². The summed E-state index contributed by atoms with van der Waals surface area (Å²) in [5, 5.41) is 17.7. The van der Waals surface area contributed by atoms with Gasteiger partial charge in [-0.25, -0.2) is 4.98 Å². The average molecular weight is 285 g/mol. The Morgan fingerprint density at radius 3 is 2.94 bits per heavy atom. The smallest absolute Gasteiger partial charge is 0.329 e. The second-order valence-electron chi connectivity index (χ2n) is 3.56. The van der Waals surface area contributed by atoms with Crippen molar-refractivity contribution in [3.63, 3.8) is 0 Å². The van der Waals surface area contributed by atoms with Gasteiger partial charge in [0, 0.05) is 6.54 Å². The Morgan fingerprint density at radius 1 is 1.56 bits per heavy atom. The summed E-state index contributed by atoms with van der Waals surface area (Å²) in [5.74, 6) is 0.130. The van der Waals surface area contributed by atoms with Crippen LogP contribution in [0, 0.1) is 17.0 Å². The number of anilines is 1. The van der Waals surface area contributed by atoms with Crippen LogP contribution in [0.1, 0.15) is 11.1 Å². The summed E-state index contributed by atoms with van der Waals surface area (Å²) >= 11 is 7.21.